The lowest BCUT2D eigenvalue weighted by Gasteiger charge is -2.13. The number of anilines is 2. The molecule has 1 aliphatic heterocycles. The molecule has 1 aromatic carbocycles. The number of amides is 2. The molecule has 1 aromatic heterocycles. The molecule has 0 aliphatic carbocycles. The normalized spacial score (nSPS) is 15.6. The average molecular weight is 340 g/mol. The van der Waals surface area contributed by atoms with Gasteiger partial charge in [0.1, 0.15) is 5.69 Å². The molecule has 8 heteroatoms. The van der Waals surface area contributed by atoms with Crippen molar-refractivity contribution in [3.05, 3.63) is 57.9 Å². The standard InChI is InChI=1S/C17H16N4O4/c1-9(2)15-11-6-14(21(24)25)13(7-12(11)19-17(15)23)20-16(22)10-4-3-5-18-8-10/h3-9,15H,1-2H3,(H,19,23)(H,20,22). The Bertz CT molecular complexity index is 864. The molecule has 8 nitrogen and oxygen atoms in total. The van der Waals surface area contributed by atoms with E-state index >= 15 is 0 Å². The van der Waals surface area contributed by atoms with Crippen LogP contribution in [0.1, 0.15) is 35.7 Å². The van der Waals surface area contributed by atoms with E-state index < -0.39 is 16.7 Å². The van der Waals surface area contributed by atoms with Crippen molar-refractivity contribution in [3.63, 3.8) is 0 Å². The molecule has 1 aliphatic rings. The van der Waals surface area contributed by atoms with Gasteiger partial charge in [0.25, 0.3) is 11.6 Å². The van der Waals surface area contributed by atoms with Crippen molar-refractivity contribution in [2.75, 3.05) is 10.6 Å². The van der Waals surface area contributed by atoms with Crippen LogP contribution in [0.4, 0.5) is 17.1 Å². The van der Waals surface area contributed by atoms with Crippen LogP contribution in [0.2, 0.25) is 0 Å². The van der Waals surface area contributed by atoms with Gasteiger partial charge in [-0.1, -0.05) is 13.8 Å². The molecule has 2 aromatic rings. The average Bonchev–Trinajstić information content (AvgIpc) is 2.89. The van der Waals surface area contributed by atoms with E-state index in [1.54, 1.807) is 12.1 Å². The van der Waals surface area contributed by atoms with Crippen molar-refractivity contribution in [1.82, 2.24) is 4.98 Å². The molecule has 0 fully saturated rings. The van der Waals surface area contributed by atoms with Gasteiger partial charge in [0.2, 0.25) is 5.91 Å². The fourth-order valence-corrected chi connectivity index (χ4v) is 2.93. The minimum absolute atomic E-state index is 0.00307. The fourth-order valence-electron chi connectivity index (χ4n) is 2.93. The predicted octanol–water partition coefficient (Wildman–Crippen LogP) is 2.93. The second-order valence-corrected chi connectivity index (χ2v) is 6.12. The summed E-state index contributed by atoms with van der Waals surface area (Å²) in [6, 6.07) is 5.94. The lowest BCUT2D eigenvalue weighted by Crippen LogP contribution is -2.16. The molecule has 2 amide bonds. The molecule has 1 unspecified atom stereocenters. The van der Waals surface area contributed by atoms with Crippen molar-refractivity contribution in [2.45, 2.75) is 19.8 Å². The van der Waals surface area contributed by atoms with E-state index in [1.165, 1.54) is 24.5 Å². The number of carbonyl (C=O) groups excluding carboxylic acids is 2. The molecule has 0 bridgehead atoms. The summed E-state index contributed by atoms with van der Waals surface area (Å²) in [6.45, 7) is 3.76. The Balaban J connectivity index is 2.01. The highest BCUT2D eigenvalue weighted by Gasteiger charge is 2.35. The molecule has 2 heterocycles. The van der Waals surface area contributed by atoms with Crippen LogP contribution in [0, 0.1) is 16.0 Å². The minimum atomic E-state index is -0.570. The van der Waals surface area contributed by atoms with E-state index in [2.05, 4.69) is 15.6 Å². The maximum absolute atomic E-state index is 12.3. The van der Waals surface area contributed by atoms with Crippen LogP contribution in [0.25, 0.3) is 0 Å². The number of hydrogen-bond donors (Lipinski definition) is 2. The van der Waals surface area contributed by atoms with Gasteiger partial charge in [-0.15, -0.1) is 0 Å². The van der Waals surface area contributed by atoms with Crippen LogP contribution < -0.4 is 10.6 Å². The number of nitro groups is 1. The van der Waals surface area contributed by atoms with Gasteiger partial charge in [0, 0.05) is 24.1 Å². The first-order valence-electron chi connectivity index (χ1n) is 7.73. The first kappa shape index (κ1) is 16.6. The topological polar surface area (TPSA) is 114 Å². The summed E-state index contributed by atoms with van der Waals surface area (Å²) in [5, 5.41) is 16.7. The van der Waals surface area contributed by atoms with Gasteiger partial charge in [-0.25, -0.2) is 0 Å². The lowest BCUT2D eigenvalue weighted by atomic mass is 9.89. The highest BCUT2D eigenvalue weighted by molar-refractivity contribution is 6.08. The molecule has 3 rings (SSSR count). The van der Waals surface area contributed by atoms with Gasteiger partial charge in [-0.3, -0.25) is 24.7 Å². The Morgan fingerprint density at radius 2 is 2.16 bits per heavy atom. The monoisotopic (exact) mass is 340 g/mol. The maximum Gasteiger partial charge on any atom is 0.293 e. The first-order valence-corrected chi connectivity index (χ1v) is 7.73. The van der Waals surface area contributed by atoms with E-state index in [4.69, 9.17) is 0 Å². The highest BCUT2D eigenvalue weighted by atomic mass is 16.6. The molecular weight excluding hydrogens is 324 g/mol. The maximum atomic E-state index is 12.3. The Labute approximate surface area is 143 Å². The van der Waals surface area contributed by atoms with Crippen LogP contribution in [0.15, 0.2) is 36.7 Å². The second kappa shape index (κ2) is 6.31. The highest BCUT2D eigenvalue weighted by Crippen LogP contribution is 2.42. The van der Waals surface area contributed by atoms with Gasteiger partial charge >= 0.3 is 0 Å². The number of nitro benzene ring substituents is 1. The zero-order chi connectivity index (χ0) is 18.1. The van der Waals surface area contributed by atoms with E-state index in [0.29, 0.717) is 11.3 Å². The van der Waals surface area contributed by atoms with Crippen LogP contribution in [-0.4, -0.2) is 21.7 Å². The van der Waals surface area contributed by atoms with Crippen molar-refractivity contribution in [2.24, 2.45) is 5.92 Å². The third-order valence-corrected chi connectivity index (χ3v) is 4.08. The zero-order valence-corrected chi connectivity index (χ0v) is 13.6. The lowest BCUT2D eigenvalue weighted by molar-refractivity contribution is -0.384. The van der Waals surface area contributed by atoms with Crippen LogP contribution >= 0.6 is 0 Å². The molecule has 0 spiro atoms. The first-order chi connectivity index (χ1) is 11.9. The molecule has 2 N–H and O–H groups in total. The number of hydrogen-bond acceptors (Lipinski definition) is 5. The molecule has 128 valence electrons. The summed E-state index contributed by atoms with van der Waals surface area (Å²) in [7, 11) is 0. The van der Waals surface area contributed by atoms with E-state index in [9.17, 15) is 19.7 Å². The molecule has 0 radical (unpaired) electrons. The molecule has 0 saturated heterocycles. The number of aromatic nitrogens is 1. The Kier molecular flexibility index (Phi) is 4.18. The SMILES string of the molecule is CC(C)C1C(=O)Nc2cc(NC(=O)c3cccnc3)c([N+](=O)[O-])cc21. The molecule has 25 heavy (non-hydrogen) atoms. The summed E-state index contributed by atoms with van der Waals surface area (Å²) in [5.74, 6) is -1.16. The van der Waals surface area contributed by atoms with Gasteiger partial charge < -0.3 is 10.6 Å². The summed E-state index contributed by atoms with van der Waals surface area (Å²) in [6.07, 6.45) is 2.89. The largest absolute Gasteiger partial charge is 0.325 e. The van der Waals surface area contributed by atoms with Gasteiger partial charge in [-0.2, -0.15) is 0 Å². The number of rotatable bonds is 4. The zero-order valence-electron chi connectivity index (χ0n) is 13.6. The van der Waals surface area contributed by atoms with E-state index in [0.717, 1.165) is 0 Å². The molecule has 0 saturated carbocycles. The number of carbonyl (C=O) groups is 2. The number of nitrogens with one attached hydrogen (secondary N) is 2. The van der Waals surface area contributed by atoms with Crippen molar-refractivity contribution < 1.29 is 14.5 Å². The van der Waals surface area contributed by atoms with Crippen LogP contribution in [0.5, 0.6) is 0 Å². The number of nitrogens with zero attached hydrogens (tertiary/aromatic N) is 2. The third kappa shape index (κ3) is 3.06. The summed E-state index contributed by atoms with van der Waals surface area (Å²) < 4.78 is 0. The quantitative estimate of drug-likeness (QED) is 0.656. The second-order valence-electron chi connectivity index (χ2n) is 6.12. The van der Waals surface area contributed by atoms with Crippen molar-refractivity contribution >= 4 is 28.9 Å². The number of benzene rings is 1. The fraction of sp³-hybridized carbons (Fsp3) is 0.235. The Hall–Kier alpha value is -3.29. The summed E-state index contributed by atoms with van der Waals surface area (Å²) in [5.41, 5.74) is 1.11. The molecular formula is C17H16N4O4. The Morgan fingerprint density at radius 3 is 2.76 bits per heavy atom. The van der Waals surface area contributed by atoms with E-state index in [1.807, 2.05) is 13.8 Å². The third-order valence-electron chi connectivity index (χ3n) is 4.08. The van der Waals surface area contributed by atoms with Crippen LogP contribution in [0.3, 0.4) is 0 Å². The van der Waals surface area contributed by atoms with Crippen molar-refractivity contribution in [3.8, 4) is 0 Å². The van der Waals surface area contributed by atoms with Gasteiger partial charge in [-0.05, 0) is 29.7 Å². The van der Waals surface area contributed by atoms with E-state index in [-0.39, 0.29) is 28.8 Å². The van der Waals surface area contributed by atoms with Crippen LogP contribution in [-0.2, 0) is 4.79 Å². The summed E-state index contributed by atoms with van der Waals surface area (Å²) in [4.78, 5) is 39.1. The van der Waals surface area contributed by atoms with Crippen molar-refractivity contribution in [1.29, 1.82) is 0 Å². The van der Waals surface area contributed by atoms with Gasteiger partial charge in [0.15, 0.2) is 0 Å². The number of pyridine rings is 1. The number of fused-ring (bicyclic) bond motifs is 1. The smallest absolute Gasteiger partial charge is 0.293 e. The molecule has 1 atom stereocenters. The van der Waals surface area contributed by atoms with Gasteiger partial charge in [0.05, 0.1) is 16.4 Å². The predicted molar refractivity (Wildman–Crippen MR) is 91.5 cm³/mol. The Morgan fingerprint density at radius 1 is 1.40 bits per heavy atom. The summed E-state index contributed by atoms with van der Waals surface area (Å²) >= 11 is 0. The minimum Gasteiger partial charge on any atom is -0.325 e.